The minimum Gasteiger partial charge on any atom is -0.468 e. The molecule has 0 atom stereocenters. The van der Waals surface area contributed by atoms with Gasteiger partial charge in [0, 0.05) is 12.0 Å². The third-order valence-electron chi connectivity index (χ3n) is 2.32. The Kier molecular flexibility index (Phi) is 2.11. The van der Waals surface area contributed by atoms with Crippen LogP contribution >= 0.6 is 0 Å². The summed E-state index contributed by atoms with van der Waals surface area (Å²) in [6, 6.07) is 0. The van der Waals surface area contributed by atoms with Crippen LogP contribution in [0.5, 0.6) is 0 Å². The van der Waals surface area contributed by atoms with E-state index in [1.807, 2.05) is 0 Å². The minimum atomic E-state index is -0.369. The third-order valence-corrected chi connectivity index (χ3v) is 2.32. The van der Waals surface area contributed by atoms with Gasteiger partial charge in [0.25, 0.3) is 5.95 Å². The summed E-state index contributed by atoms with van der Waals surface area (Å²) in [4.78, 5) is 22.2. The van der Waals surface area contributed by atoms with E-state index in [0.717, 1.165) is 11.1 Å². The van der Waals surface area contributed by atoms with E-state index in [1.165, 1.54) is 13.2 Å². The number of methoxy groups -OCH3 is 1. The van der Waals surface area contributed by atoms with Crippen molar-refractivity contribution >= 4 is 11.8 Å². The van der Waals surface area contributed by atoms with E-state index in [9.17, 15) is 9.59 Å². The van der Waals surface area contributed by atoms with E-state index in [0.29, 0.717) is 12.8 Å². The molecule has 14 heavy (non-hydrogen) atoms. The van der Waals surface area contributed by atoms with Crippen LogP contribution in [0.2, 0.25) is 0 Å². The molecule has 0 radical (unpaired) electrons. The molecule has 0 fully saturated rings. The molecule has 0 saturated carbocycles. The number of allylic oxidation sites excluding steroid dienone is 2. The van der Waals surface area contributed by atoms with Gasteiger partial charge in [0.05, 0.1) is 13.5 Å². The molecular formula is C10H10O4. The summed E-state index contributed by atoms with van der Waals surface area (Å²) < 4.78 is 9.86. The van der Waals surface area contributed by atoms with Crippen molar-refractivity contribution in [3.63, 3.8) is 0 Å². The fourth-order valence-corrected chi connectivity index (χ4v) is 1.67. The molecular weight excluding hydrogens is 184 g/mol. The molecule has 1 heterocycles. The predicted molar refractivity (Wildman–Crippen MR) is 47.1 cm³/mol. The maximum absolute atomic E-state index is 11.1. The van der Waals surface area contributed by atoms with Crippen molar-refractivity contribution in [2.45, 2.75) is 19.3 Å². The summed E-state index contributed by atoms with van der Waals surface area (Å²) in [5.74, 6) is -0.0551. The van der Waals surface area contributed by atoms with E-state index in [1.54, 1.807) is 0 Å². The highest BCUT2D eigenvalue weighted by Crippen LogP contribution is 2.32. The predicted octanol–water partition coefficient (Wildman–Crippen LogP) is 1.08. The third kappa shape index (κ3) is 1.43. The molecule has 2 rings (SSSR count). The highest BCUT2D eigenvalue weighted by molar-refractivity contribution is 5.94. The molecule has 0 saturated heterocycles. The number of ketones is 1. The Morgan fingerprint density at radius 1 is 1.36 bits per heavy atom. The lowest BCUT2D eigenvalue weighted by Gasteiger charge is -2.22. The maximum atomic E-state index is 11.1. The highest BCUT2D eigenvalue weighted by atomic mass is 16.7. The Labute approximate surface area is 81.2 Å². The molecule has 0 unspecified atom stereocenters. The van der Waals surface area contributed by atoms with Gasteiger partial charge in [-0.15, -0.1) is 0 Å². The van der Waals surface area contributed by atoms with Gasteiger partial charge in [0.15, 0.2) is 5.78 Å². The number of hydrogen-bond acceptors (Lipinski definition) is 4. The maximum Gasteiger partial charge on any atom is 0.318 e. The van der Waals surface area contributed by atoms with Gasteiger partial charge < -0.3 is 9.47 Å². The second-order valence-corrected chi connectivity index (χ2v) is 3.26. The Bertz CT molecular complexity index is 362. The summed E-state index contributed by atoms with van der Waals surface area (Å²) >= 11 is 0. The average Bonchev–Trinajstić information content (AvgIpc) is 2.15. The summed E-state index contributed by atoms with van der Waals surface area (Å²) in [6.45, 7) is 0. The highest BCUT2D eigenvalue weighted by Gasteiger charge is 2.28. The molecule has 4 nitrogen and oxygen atoms in total. The van der Waals surface area contributed by atoms with Crippen LogP contribution in [0.4, 0.5) is 0 Å². The van der Waals surface area contributed by atoms with Crippen molar-refractivity contribution in [1.29, 1.82) is 0 Å². The number of hydrogen-bond donors (Lipinski definition) is 0. The van der Waals surface area contributed by atoms with Crippen LogP contribution in [0, 0.1) is 0 Å². The van der Waals surface area contributed by atoms with Gasteiger partial charge in [0.2, 0.25) is 0 Å². The Hall–Kier alpha value is -1.58. The van der Waals surface area contributed by atoms with E-state index >= 15 is 0 Å². The van der Waals surface area contributed by atoms with Crippen molar-refractivity contribution < 1.29 is 19.1 Å². The monoisotopic (exact) mass is 194 g/mol. The number of cyclic esters (lactones) is 1. The zero-order valence-electron chi connectivity index (χ0n) is 7.83. The van der Waals surface area contributed by atoms with Gasteiger partial charge in [0.1, 0.15) is 0 Å². The Balaban J connectivity index is 2.43. The number of carbonyl (C=O) groups is 2. The van der Waals surface area contributed by atoms with Crippen molar-refractivity contribution in [3.05, 3.63) is 23.2 Å². The number of fused-ring (bicyclic) bond motifs is 1. The van der Waals surface area contributed by atoms with E-state index in [2.05, 4.69) is 0 Å². The van der Waals surface area contributed by atoms with Crippen LogP contribution in [0.1, 0.15) is 19.3 Å². The Morgan fingerprint density at radius 2 is 2.14 bits per heavy atom. The molecule has 1 aliphatic heterocycles. The second kappa shape index (κ2) is 3.29. The normalized spacial score (nSPS) is 21.4. The van der Waals surface area contributed by atoms with E-state index in [-0.39, 0.29) is 24.1 Å². The first-order valence-corrected chi connectivity index (χ1v) is 4.42. The van der Waals surface area contributed by atoms with Crippen LogP contribution in [0.3, 0.4) is 0 Å². The van der Waals surface area contributed by atoms with Crippen LogP contribution in [0.25, 0.3) is 0 Å². The molecule has 1 aliphatic carbocycles. The number of rotatable bonds is 1. The summed E-state index contributed by atoms with van der Waals surface area (Å²) in [5, 5.41) is 0. The molecule has 0 spiro atoms. The summed E-state index contributed by atoms with van der Waals surface area (Å²) in [6.07, 6.45) is 2.75. The SMILES string of the molecule is COC1=C2CCC(=O)C=C2CC(=O)O1. The van der Waals surface area contributed by atoms with Crippen molar-refractivity contribution in [2.24, 2.45) is 0 Å². The van der Waals surface area contributed by atoms with Crippen LogP contribution in [-0.4, -0.2) is 18.9 Å². The van der Waals surface area contributed by atoms with Crippen molar-refractivity contribution in [1.82, 2.24) is 0 Å². The number of ether oxygens (including phenoxy) is 2. The lowest BCUT2D eigenvalue weighted by Crippen LogP contribution is -2.20. The summed E-state index contributed by atoms with van der Waals surface area (Å²) in [7, 11) is 1.45. The first kappa shape index (κ1) is 8.99. The fourth-order valence-electron chi connectivity index (χ4n) is 1.67. The van der Waals surface area contributed by atoms with Crippen molar-refractivity contribution in [3.8, 4) is 0 Å². The lowest BCUT2D eigenvalue weighted by atomic mass is 9.90. The van der Waals surface area contributed by atoms with E-state index in [4.69, 9.17) is 9.47 Å². The summed E-state index contributed by atoms with van der Waals surface area (Å²) in [5.41, 5.74) is 1.60. The first-order valence-electron chi connectivity index (χ1n) is 4.42. The van der Waals surface area contributed by atoms with Crippen LogP contribution in [-0.2, 0) is 19.1 Å². The zero-order valence-corrected chi connectivity index (χ0v) is 7.83. The number of carbonyl (C=O) groups excluding carboxylic acids is 2. The molecule has 74 valence electrons. The standard InChI is InChI=1S/C10H10O4/c1-13-10-8-3-2-7(11)4-6(8)5-9(12)14-10/h4H,2-3,5H2,1H3. The number of esters is 1. The molecule has 0 N–H and O–H groups in total. The molecule has 0 amide bonds. The second-order valence-electron chi connectivity index (χ2n) is 3.26. The topological polar surface area (TPSA) is 52.6 Å². The average molecular weight is 194 g/mol. The Morgan fingerprint density at radius 3 is 2.86 bits per heavy atom. The van der Waals surface area contributed by atoms with E-state index < -0.39 is 0 Å². The lowest BCUT2D eigenvalue weighted by molar-refractivity contribution is -0.144. The molecule has 0 aromatic heterocycles. The molecule has 0 bridgehead atoms. The van der Waals surface area contributed by atoms with Crippen LogP contribution in [0.15, 0.2) is 23.2 Å². The fraction of sp³-hybridized carbons (Fsp3) is 0.400. The zero-order chi connectivity index (χ0) is 10.1. The molecule has 4 heteroatoms. The molecule has 2 aliphatic rings. The van der Waals surface area contributed by atoms with Gasteiger partial charge in [-0.2, -0.15) is 0 Å². The quantitative estimate of drug-likeness (QED) is 0.586. The van der Waals surface area contributed by atoms with Crippen molar-refractivity contribution in [2.75, 3.05) is 7.11 Å². The van der Waals surface area contributed by atoms with Crippen LogP contribution < -0.4 is 0 Å². The minimum absolute atomic E-state index is 0.0638. The van der Waals surface area contributed by atoms with Gasteiger partial charge in [-0.25, -0.2) is 0 Å². The van der Waals surface area contributed by atoms with Gasteiger partial charge in [-0.3, -0.25) is 9.59 Å². The van der Waals surface area contributed by atoms with Gasteiger partial charge in [-0.05, 0) is 18.1 Å². The largest absolute Gasteiger partial charge is 0.468 e. The smallest absolute Gasteiger partial charge is 0.318 e. The molecule has 0 aromatic rings. The van der Waals surface area contributed by atoms with Gasteiger partial charge >= 0.3 is 5.97 Å². The molecule has 0 aromatic carbocycles. The first-order chi connectivity index (χ1) is 6.70. The van der Waals surface area contributed by atoms with Gasteiger partial charge in [-0.1, -0.05) is 0 Å².